The smallest absolute Gasteiger partial charge is 0.241 e. The van der Waals surface area contributed by atoms with Gasteiger partial charge in [-0.25, -0.2) is 17.2 Å². The highest BCUT2D eigenvalue weighted by Gasteiger charge is 2.27. The Bertz CT molecular complexity index is 619. The van der Waals surface area contributed by atoms with Gasteiger partial charge in [0.05, 0.1) is 4.90 Å². The van der Waals surface area contributed by atoms with Gasteiger partial charge in [-0.2, -0.15) is 4.72 Å². The molecule has 110 valence electrons. The summed E-state index contributed by atoms with van der Waals surface area (Å²) in [6.07, 6.45) is 1.84. The number of carbonyl (C=O) groups excluding carboxylic acids is 1. The maximum atomic E-state index is 13.1. The lowest BCUT2D eigenvalue weighted by molar-refractivity contribution is -0.122. The van der Waals surface area contributed by atoms with Crippen molar-refractivity contribution in [3.63, 3.8) is 0 Å². The number of rotatable bonds is 3. The van der Waals surface area contributed by atoms with Gasteiger partial charge >= 0.3 is 0 Å². The molecule has 1 aliphatic rings. The number of hydrogen-bond donors (Lipinski definition) is 2. The fourth-order valence-electron chi connectivity index (χ4n) is 1.95. The Morgan fingerprint density at radius 1 is 1.20 bits per heavy atom. The van der Waals surface area contributed by atoms with Gasteiger partial charge in [0.25, 0.3) is 0 Å². The van der Waals surface area contributed by atoms with E-state index in [2.05, 4.69) is 10.0 Å². The van der Waals surface area contributed by atoms with E-state index in [9.17, 15) is 22.0 Å². The van der Waals surface area contributed by atoms with Crippen molar-refractivity contribution in [1.82, 2.24) is 10.0 Å². The minimum absolute atomic E-state index is 0.370. The van der Waals surface area contributed by atoms with Crippen molar-refractivity contribution in [2.45, 2.75) is 30.2 Å². The van der Waals surface area contributed by atoms with Crippen LogP contribution in [0.3, 0.4) is 0 Å². The Hall–Kier alpha value is -1.54. The Kier molecular flexibility index (Phi) is 4.34. The fourth-order valence-corrected chi connectivity index (χ4v) is 3.19. The predicted octanol–water partition coefficient (Wildman–Crippen LogP) is 0.912. The van der Waals surface area contributed by atoms with Crippen LogP contribution in [0.25, 0.3) is 0 Å². The Morgan fingerprint density at radius 3 is 2.65 bits per heavy atom. The van der Waals surface area contributed by atoms with Gasteiger partial charge in [-0.3, -0.25) is 4.79 Å². The molecule has 1 atom stereocenters. The summed E-state index contributed by atoms with van der Waals surface area (Å²) >= 11 is 0. The molecule has 2 N–H and O–H groups in total. The van der Waals surface area contributed by atoms with E-state index in [0.29, 0.717) is 25.5 Å². The minimum atomic E-state index is -4.07. The summed E-state index contributed by atoms with van der Waals surface area (Å²) in [7, 11) is -4.07. The molecule has 1 saturated heterocycles. The molecule has 0 bridgehead atoms. The number of benzene rings is 1. The Morgan fingerprint density at radius 2 is 1.95 bits per heavy atom. The molecule has 0 unspecified atom stereocenters. The quantitative estimate of drug-likeness (QED) is 0.871. The van der Waals surface area contributed by atoms with Gasteiger partial charge < -0.3 is 5.32 Å². The first-order chi connectivity index (χ1) is 9.40. The highest BCUT2D eigenvalue weighted by Crippen LogP contribution is 2.15. The first kappa shape index (κ1) is 14.9. The molecule has 20 heavy (non-hydrogen) atoms. The summed E-state index contributed by atoms with van der Waals surface area (Å²) in [5, 5.41) is 2.59. The molecular formula is C12H14F2N2O3S. The third kappa shape index (κ3) is 3.31. The molecule has 1 aromatic rings. The van der Waals surface area contributed by atoms with Crippen molar-refractivity contribution >= 4 is 15.9 Å². The van der Waals surface area contributed by atoms with Gasteiger partial charge in [0.1, 0.15) is 6.04 Å². The minimum Gasteiger partial charge on any atom is -0.355 e. The molecule has 1 aromatic carbocycles. The highest BCUT2D eigenvalue weighted by atomic mass is 32.2. The van der Waals surface area contributed by atoms with Crippen molar-refractivity contribution in [3.8, 4) is 0 Å². The van der Waals surface area contributed by atoms with Crippen molar-refractivity contribution < 1.29 is 22.0 Å². The van der Waals surface area contributed by atoms with Gasteiger partial charge in [-0.15, -0.1) is 0 Å². The summed E-state index contributed by atoms with van der Waals surface area (Å²) in [4.78, 5) is 11.3. The zero-order chi connectivity index (χ0) is 14.8. The molecule has 1 fully saturated rings. The van der Waals surface area contributed by atoms with Crippen LogP contribution >= 0.6 is 0 Å². The molecule has 0 radical (unpaired) electrons. The summed E-state index contributed by atoms with van der Waals surface area (Å²) in [6.45, 7) is 0.502. The van der Waals surface area contributed by atoms with E-state index in [1.165, 1.54) is 0 Å². The molecule has 0 spiro atoms. The molecule has 1 aliphatic heterocycles. The van der Waals surface area contributed by atoms with Crippen LogP contribution in [0.5, 0.6) is 0 Å². The van der Waals surface area contributed by atoms with Gasteiger partial charge in [0.2, 0.25) is 15.9 Å². The summed E-state index contributed by atoms with van der Waals surface area (Å²) < 4.78 is 52.2. The van der Waals surface area contributed by atoms with E-state index >= 15 is 0 Å². The largest absolute Gasteiger partial charge is 0.355 e. The third-order valence-electron chi connectivity index (χ3n) is 3.03. The summed E-state index contributed by atoms with van der Waals surface area (Å²) in [6, 6.07) is 1.38. The monoisotopic (exact) mass is 304 g/mol. The van der Waals surface area contributed by atoms with Crippen LogP contribution in [-0.2, 0) is 14.8 Å². The molecule has 0 aliphatic carbocycles. The number of carbonyl (C=O) groups is 1. The van der Waals surface area contributed by atoms with E-state index in [0.717, 1.165) is 18.6 Å². The number of amides is 1. The van der Waals surface area contributed by atoms with E-state index in [4.69, 9.17) is 0 Å². The normalized spacial score (nSPS) is 20.3. The SMILES string of the molecule is O=C1NCCCC[C@H]1NS(=O)(=O)c1ccc(F)c(F)c1. The molecule has 2 rings (SSSR count). The third-order valence-corrected chi connectivity index (χ3v) is 4.50. The second-order valence-corrected chi connectivity index (χ2v) is 6.25. The number of nitrogens with one attached hydrogen (secondary N) is 2. The van der Waals surface area contributed by atoms with Crippen LogP contribution in [0.15, 0.2) is 23.1 Å². The second-order valence-electron chi connectivity index (χ2n) is 4.54. The van der Waals surface area contributed by atoms with E-state index in [1.54, 1.807) is 0 Å². The molecule has 5 nitrogen and oxygen atoms in total. The van der Waals surface area contributed by atoms with Gasteiger partial charge in [-0.05, 0) is 37.5 Å². The lowest BCUT2D eigenvalue weighted by atomic mass is 10.1. The molecule has 0 aromatic heterocycles. The lowest BCUT2D eigenvalue weighted by Crippen LogP contribution is -2.45. The molecular weight excluding hydrogens is 290 g/mol. The highest BCUT2D eigenvalue weighted by molar-refractivity contribution is 7.89. The Labute approximate surface area is 115 Å². The molecule has 0 saturated carbocycles. The van der Waals surface area contributed by atoms with Gasteiger partial charge in [0, 0.05) is 6.54 Å². The van der Waals surface area contributed by atoms with E-state index in [-0.39, 0.29) is 0 Å². The van der Waals surface area contributed by atoms with Crippen LogP contribution in [-0.4, -0.2) is 26.9 Å². The van der Waals surface area contributed by atoms with E-state index < -0.39 is 38.5 Å². The van der Waals surface area contributed by atoms with Crippen molar-refractivity contribution in [2.75, 3.05) is 6.54 Å². The number of halogens is 2. The zero-order valence-electron chi connectivity index (χ0n) is 10.5. The fraction of sp³-hybridized carbons (Fsp3) is 0.417. The van der Waals surface area contributed by atoms with Gasteiger partial charge in [0.15, 0.2) is 11.6 Å². The topological polar surface area (TPSA) is 75.3 Å². The van der Waals surface area contributed by atoms with E-state index in [1.807, 2.05) is 0 Å². The zero-order valence-corrected chi connectivity index (χ0v) is 11.3. The van der Waals surface area contributed by atoms with Crippen LogP contribution in [0.1, 0.15) is 19.3 Å². The predicted molar refractivity (Wildman–Crippen MR) is 67.3 cm³/mol. The first-order valence-corrected chi connectivity index (χ1v) is 7.63. The summed E-state index contributed by atoms with van der Waals surface area (Å²) in [5.41, 5.74) is 0. The Balaban J connectivity index is 2.21. The second kappa shape index (κ2) is 5.84. The van der Waals surface area contributed by atoms with Crippen LogP contribution in [0, 0.1) is 11.6 Å². The molecule has 1 amide bonds. The first-order valence-electron chi connectivity index (χ1n) is 6.15. The van der Waals surface area contributed by atoms with Gasteiger partial charge in [-0.1, -0.05) is 0 Å². The van der Waals surface area contributed by atoms with Crippen molar-refractivity contribution in [2.24, 2.45) is 0 Å². The number of hydrogen-bond acceptors (Lipinski definition) is 3. The van der Waals surface area contributed by atoms with Crippen LogP contribution < -0.4 is 10.0 Å². The average Bonchev–Trinajstić information content (AvgIpc) is 2.58. The van der Waals surface area contributed by atoms with Crippen molar-refractivity contribution in [1.29, 1.82) is 0 Å². The number of sulfonamides is 1. The molecule has 1 heterocycles. The van der Waals surface area contributed by atoms with Crippen molar-refractivity contribution in [3.05, 3.63) is 29.8 Å². The maximum Gasteiger partial charge on any atom is 0.241 e. The lowest BCUT2D eigenvalue weighted by Gasteiger charge is -2.15. The van der Waals surface area contributed by atoms with Crippen LogP contribution in [0.2, 0.25) is 0 Å². The standard InChI is InChI=1S/C12H14F2N2O3S/c13-9-5-4-8(7-10(9)14)20(18,19)16-11-3-1-2-6-15-12(11)17/h4-5,7,11,16H,1-3,6H2,(H,15,17)/t11-/m1/s1. The summed E-state index contributed by atoms with van der Waals surface area (Å²) in [5.74, 6) is -2.79. The molecule has 8 heteroatoms. The maximum absolute atomic E-state index is 13.1. The van der Waals surface area contributed by atoms with Crippen LogP contribution in [0.4, 0.5) is 8.78 Å². The average molecular weight is 304 g/mol.